The van der Waals surface area contributed by atoms with Crippen LogP contribution in [0.1, 0.15) is 41.2 Å². The number of hydrogen-bond donors (Lipinski definition) is 0. The lowest BCUT2D eigenvalue weighted by molar-refractivity contribution is 0.383. The lowest BCUT2D eigenvalue weighted by Gasteiger charge is -2.35. The van der Waals surface area contributed by atoms with Crippen molar-refractivity contribution in [2.45, 2.75) is 51.3 Å². The van der Waals surface area contributed by atoms with E-state index in [-0.39, 0.29) is 0 Å². The number of aryl methyl sites for hydroxylation is 4. The van der Waals surface area contributed by atoms with Crippen LogP contribution in [0.4, 0.5) is 5.82 Å². The normalized spacial score (nSPS) is 17.2. The van der Waals surface area contributed by atoms with E-state index in [1.165, 1.54) is 17.5 Å². The van der Waals surface area contributed by atoms with Crippen molar-refractivity contribution >= 4 is 15.8 Å². The van der Waals surface area contributed by atoms with E-state index >= 15 is 0 Å². The van der Waals surface area contributed by atoms with Gasteiger partial charge < -0.3 is 4.90 Å². The topological polar surface area (TPSA) is 84.2 Å². The average molecular weight is 467 g/mol. The first-order valence-electron chi connectivity index (χ1n) is 11.6. The molecule has 1 saturated heterocycles. The van der Waals surface area contributed by atoms with Crippen molar-refractivity contribution in [2.75, 3.05) is 31.1 Å². The minimum Gasteiger partial charge on any atom is -0.354 e. The Labute approximate surface area is 195 Å². The van der Waals surface area contributed by atoms with Gasteiger partial charge in [-0.15, -0.1) is 0 Å². The molecule has 9 heteroatoms. The summed E-state index contributed by atoms with van der Waals surface area (Å²) >= 11 is 0. The van der Waals surface area contributed by atoms with E-state index in [0.29, 0.717) is 36.9 Å². The molecule has 174 valence electrons. The van der Waals surface area contributed by atoms with Gasteiger partial charge in [-0.05, 0) is 69.7 Å². The van der Waals surface area contributed by atoms with E-state index < -0.39 is 10.0 Å². The predicted octanol–water partition coefficient (Wildman–Crippen LogP) is 2.98. The largest absolute Gasteiger partial charge is 0.354 e. The quantitative estimate of drug-likeness (QED) is 0.588. The third-order valence-corrected chi connectivity index (χ3v) is 8.72. The number of aromatic nitrogens is 4. The van der Waals surface area contributed by atoms with Crippen LogP contribution in [-0.4, -0.2) is 58.4 Å². The first kappa shape index (κ1) is 22.0. The summed E-state index contributed by atoms with van der Waals surface area (Å²) in [5, 5.41) is 0. The molecule has 0 amide bonds. The van der Waals surface area contributed by atoms with Crippen molar-refractivity contribution in [1.82, 2.24) is 23.8 Å². The first-order valence-corrected chi connectivity index (χ1v) is 13.0. The summed E-state index contributed by atoms with van der Waals surface area (Å²) in [6, 6.07) is 7.63. The van der Waals surface area contributed by atoms with E-state index in [4.69, 9.17) is 0 Å². The van der Waals surface area contributed by atoms with Crippen molar-refractivity contribution in [3.63, 3.8) is 0 Å². The molecular weight excluding hydrogens is 436 g/mol. The van der Waals surface area contributed by atoms with Crippen molar-refractivity contribution in [2.24, 2.45) is 0 Å². The number of piperazine rings is 1. The zero-order chi connectivity index (χ0) is 23.2. The maximum atomic E-state index is 13.3. The Kier molecular flexibility index (Phi) is 5.70. The summed E-state index contributed by atoms with van der Waals surface area (Å²) in [4.78, 5) is 16.1. The first-order chi connectivity index (χ1) is 15.8. The van der Waals surface area contributed by atoms with Gasteiger partial charge in [0.05, 0.1) is 10.6 Å². The standard InChI is InChI=1S/C24H30N6O2S/c1-17-18(2)30(16-25-17)24-15-23(26-19(3)27-24)28-10-12-29(13-11-28)33(31,32)22-9-8-20-6-4-5-7-21(20)14-22/h8-9,14-16H,4-7,10-13H2,1-3H3. The smallest absolute Gasteiger partial charge is 0.243 e. The van der Waals surface area contributed by atoms with Crippen LogP contribution >= 0.6 is 0 Å². The SMILES string of the molecule is Cc1nc(N2CCN(S(=O)(=O)c3ccc4c(c3)CCCC4)CC2)cc(-n2cnc(C)c2C)n1. The van der Waals surface area contributed by atoms with Crippen molar-refractivity contribution < 1.29 is 8.42 Å². The van der Waals surface area contributed by atoms with Crippen LogP contribution in [0.15, 0.2) is 35.5 Å². The Morgan fingerprint density at radius 3 is 2.24 bits per heavy atom. The minimum absolute atomic E-state index is 0.419. The second-order valence-corrected chi connectivity index (χ2v) is 10.9. The number of hydrogen-bond acceptors (Lipinski definition) is 6. The summed E-state index contributed by atoms with van der Waals surface area (Å²) in [6.07, 6.45) is 6.11. The minimum atomic E-state index is -3.50. The fourth-order valence-electron chi connectivity index (χ4n) is 4.73. The highest BCUT2D eigenvalue weighted by Gasteiger charge is 2.30. The molecule has 1 aliphatic heterocycles. The molecule has 1 aromatic carbocycles. The van der Waals surface area contributed by atoms with E-state index in [0.717, 1.165) is 42.3 Å². The molecule has 1 aliphatic carbocycles. The van der Waals surface area contributed by atoms with E-state index in [1.807, 2.05) is 43.5 Å². The molecule has 0 unspecified atom stereocenters. The van der Waals surface area contributed by atoms with Crippen LogP contribution in [0, 0.1) is 20.8 Å². The molecule has 0 atom stereocenters. The highest BCUT2D eigenvalue weighted by molar-refractivity contribution is 7.89. The monoisotopic (exact) mass is 466 g/mol. The van der Waals surface area contributed by atoms with Crippen LogP contribution in [0.2, 0.25) is 0 Å². The Balaban J connectivity index is 1.33. The number of anilines is 1. The second-order valence-electron chi connectivity index (χ2n) is 8.95. The molecule has 0 radical (unpaired) electrons. The van der Waals surface area contributed by atoms with Crippen LogP contribution in [-0.2, 0) is 22.9 Å². The summed E-state index contributed by atoms with van der Waals surface area (Å²) in [5.74, 6) is 2.27. The van der Waals surface area contributed by atoms with Gasteiger partial charge in [0.25, 0.3) is 0 Å². The molecule has 0 N–H and O–H groups in total. The fourth-order valence-corrected chi connectivity index (χ4v) is 6.20. The van der Waals surface area contributed by atoms with Crippen LogP contribution in [0.5, 0.6) is 0 Å². The molecule has 2 aromatic heterocycles. The Morgan fingerprint density at radius 2 is 1.55 bits per heavy atom. The summed E-state index contributed by atoms with van der Waals surface area (Å²) < 4.78 is 30.2. The van der Waals surface area contributed by atoms with Gasteiger partial charge in [0.1, 0.15) is 23.8 Å². The number of benzene rings is 1. The number of nitrogens with zero attached hydrogens (tertiary/aromatic N) is 6. The average Bonchev–Trinajstić information content (AvgIpc) is 3.16. The zero-order valence-electron chi connectivity index (χ0n) is 19.5. The Bertz CT molecular complexity index is 1290. The Morgan fingerprint density at radius 1 is 0.848 bits per heavy atom. The molecule has 0 bridgehead atoms. The van der Waals surface area contributed by atoms with Gasteiger partial charge in [-0.3, -0.25) is 4.57 Å². The summed E-state index contributed by atoms with van der Waals surface area (Å²) in [6.45, 7) is 7.90. The molecule has 0 spiro atoms. The van der Waals surface area contributed by atoms with Crippen molar-refractivity contribution in [1.29, 1.82) is 0 Å². The third-order valence-electron chi connectivity index (χ3n) is 6.83. The van der Waals surface area contributed by atoms with Crippen molar-refractivity contribution in [3.8, 4) is 5.82 Å². The molecule has 2 aliphatic rings. The van der Waals surface area contributed by atoms with Crippen LogP contribution < -0.4 is 4.90 Å². The molecule has 5 rings (SSSR count). The molecule has 8 nitrogen and oxygen atoms in total. The second kappa shape index (κ2) is 8.53. The Hall–Kier alpha value is -2.78. The van der Waals surface area contributed by atoms with E-state index in [2.05, 4.69) is 19.9 Å². The van der Waals surface area contributed by atoms with Gasteiger partial charge in [-0.25, -0.2) is 23.4 Å². The van der Waals surface area contributed by atoms with Gasteiger partial charge in [0.15, 0.2) is 0 Å². The van der Waals surface area contributed by atoms with Gasteiger partial charge in [0, 0.05) is 37.9 Å². The highest BCUT2D eigenvalue weighted by atomic mass is 32.2. The maximum absolute atomic E-state index is 13.3. The zero-order valence-corrected chi connectivity index (χ0v) is 20.3. The van der Waals surface area contributed by atoms with Gasteiger partial charge >= 0.3 is 0 Å². The lowest BCUT2D eigenvalue weighted by Crippen LogP contribution is -2.49. The molecule has 3 aromatic rings. The summed E-state index contributed by atoms with van der Waals surface area (Å²) in [5.41, 5.74) is 4.49. The number of imidazole rings is 1. The maximum Gasteiger partial charge on any atom is 0.243 e. The molecule has 0 saturated carbocycles. The van der Waals surface area contributed by atoms with E-state index in [1.54, 1.807) is 16.7 Å². The molecule has 3 heterocycles. The summed E-state index contributed by atoms with van der Waals surface area (Å²) in [7, 11) is -3.50. The van der Waals surface area contributed by atoms with Gasteiger partial charge in [0.2, 0.25) is 10.0 Å². The van der Waals surface area contributed by atoms with Gasteiger partial charge in [-0.1, -0.05) is 6.07 Å². The van der Waals surface area contributed by atoms with Crippen LogP contribution in [0.25, 0.3) is 5.82 Å². The van der Waals surface area contributed by atoms with Crippen LogP contribution in [0.3, 0.4) is 0 Å². The fraction of sp³-hybridized carbons (Fsp3) is 0.458. The third kappa shape index (κ3) is 4.15. The highest BCUT2D eigenvalue weighted by Crippen LogP contribution is 2.27. The molecule has 33 heavy (non-hydrogen) atoms. The number of sulfonamides is 1. The predicted molar refractivity (Wildman–Crippen MR) is 127 cm³/mol. The van der Waals surface area contributed by atoms with Gasteiger partial charge in [-0.2, -0.15) is 4.31 Å². The molecule has 1 fully saturated rings. The molecular formula is C24H30N6O2S. The lowest BCUT2D eigenvalue weighted by atomic mass is 9.92. The number of fused-ring (bicyclic) bond motifs is 1. The number of rotatable bonds is 4. The van der Waals surface area contributed by atoms with Crippen molar-refractivity contribution in [3.05, 3.63) is 58.9 Å². The van der Waals surface area contributed by atoms with E-state index in [9.17, 15) is 8.42 Å².